The molecule has 0 aliphatic carbocycles. The summed E-state index contributed by atoms with van der Waals surface area (Å²) in [5, 5.41) is 2.75. The molecule has 1 heterocycles. The minimum Gasteiger partial charge on any atom is -0.399 e. The Morgan fingerprint density at radius 1 is 0.893 bits per heavy atom. The molecule has 1 aliphatic rings. The predicted octanol–water partition coefficient (Wildman–Crippen LogP) is 3.63. The quantitative estimate of drug-likeness (QED) is 0.543. The molecule has 0 aromatic heterocycles. The molecule has 4 rings (SSSR count). The number of rotatable bonds is 3. The summed E-state index contributed by atoms with van der Waals surface area (Å²) in [7, 11) is 0. The van der Waals surface area contributed by atoms with Gasteiger partial charge in [0.05, 0.1) is 16.8 Å². The molecule has 0 radical (unpaired) electrons. The van der Waals surface area contributed by atoms with Crippen molar-refractivity contribution in [1.29, 1.82) is 0 Å². The van der Waals surface area contributed by atoms with E-state index in [1.54, 1.807) is 48.5 Å². The maximum Gasteiger partial charge on any atom is 0.266 e. The zero-order valence-electron chi connectivity index (χ0n) is 15.1. The molecule has 0 saturated heterocycles. The number of hydrogen-bond acceptors (Lipinski definition) is 4. The molecule has 0 spiro atoms. The Morgan fingerprint density at radius 2 is 1.57 bits per heavy atom. The van der Waals surface area contributed by atoms with Crippen LogP contribution in [0.3, 0.4) is 0 Å². The third kappa shape index (κ3) is 2.91. The molecule has 28 heavy (non-hydrogen) atoms. The lowest BCUT2D eigenvalue weighted by atomic mass is 10.1. The average Bonchev–Trinajstić information content (AvgIpc) is 2.93. The van der Waals surface area contributed by atoms with Gasteiger partial charge in [-0.3, -0.25) is 14.4 Å². The second-order valence-corrected chi connectivity index (χ2v) is 6.57. The number of nitrogens with one attached hydrogen (secondary N) is 1. The van der Waals surface area contributed by atoms with E-state index in [-0.39, 0.29) is 17.4 Å². The van der Waals surface area contributed by atoms with Crippen LogP contribution < -0.4 is 16.0 Å². The highest BCUT2D eigenvalue weighted by atomic mass is 16.2. The summed E-state index contributed by atoms with van der Waals surface area (Å²) in [6.07, 6.45) is 0. The molecule has 0 fully saturated rings. The van der Waals surface area contributed by atoms with Gasteiger partial charge in [-0.05, 0) is 61.0 Å². The molecule has 1 aliphatic heterocycles. The van der Waals surface area contributed by atoms with Crippen molar-refractivity contribution in [1.82, 2.24) is 0 Å². The molecule has 0 atom stereocenters. The number of aryl methyl sites for hydroxylation is 1. The van der Waals surface area contributed by atoms with Gasteiger partial charge in [0.15, 0.2) is 0 Å². The normalized spacial score (nSPS) is 12.8. The molecule has 3 aromatic carbocycles. The first kappa shape index (κ1) is 17.5. The molecular weight excluding hydrogens is 354 g/mol. The Bertz CT molecular complexity index is 1120. The van der Waals surface area contributed by atoms with Crippen molar-refractivity contribution in [3.8, 4) is 0 Å². The van der Waals surface area contributed by atoms with Crippen LogP contribution >= 0.6 is 0 Å². The third-order valence-electron chi connectivity index (χ3n) is 4.67. The van der Waals surface area contributed by atoms with E-state index in [0.717, 1.165) is 5.56 Å². The van der Waals surface area contributed by atoms with Crippen LogP contribution in [0.5, 0.6) is 0 Å². The van der Waals surface area contributed by atoms with Crippen LogP contribution in [-0.2, 0) is 0 Å². The lowest BCUT2D eigenvalue weighted by Crippen LogP contribution is -2.29. The van der Waals surface area contributed by atoms with Crippen LogP contribution in [0.1, 0.15) is 36.6 Å². The van der Waals surface area contributed by atoms with E-state index in [9.17, 15) is 14.4 Å². The number of hydrogen-bond donors (Lipinski definition) is 2. The Morgan fingerprint density at radius 3 is 2.29 bits per heavy atom. The third-order valence-corrected chi connectivity index (χ3v) is 4.67. The van der Waals surface area contributed by atoms with Crippen molar-refractivity contribution in [3.05, 3.63) is 89.0 Å². The molecule has 3 N–H and O–H groups in total. The molecule has 0 bridgehead atoms. The number of carbonyl (C=O) groups excluding carboxylic acids is 3. The lowest BCUT2D eigenvalue weighted by molar-refractivity contribution is 0.0924. The first-order chi connectivity index (χ1) is 13.5. The molecule has 138 valence electrons. The second-order valence-electron chi connectivity index (χ2n) is 6.57. The average molecular weight is 371 g/mol. The summed E-state index contributed by atoms with van der Waals surface area (Å²) in [4.78, 5) is 39.2. The molecule has 0 saturated carbocycles. The van der Waals surface area contributed by atoms with Crippen molar-refractivity contribution < 1.29 is 14.4 Å². The number of amides is 3. The lowest BCUT2D eigenvalue weighted by Gasteiger charge is -2.16. The van der Waals surface area contributed by atoms with E-state index in [4.69, 9.17) is 5.73 Å². The summed E-state index contributed by atoms with van der Waals surface area (Å²) in [5.74, 6) is -1.10. The Labute approximate surface area is 161 Å². The molecular formula is C22H17N3O3. The number of nitrogens with zero attached hydrogens (tertiary/aromatic N) is 1. The summed E-state index contributed by atoms with van der Waals surface area (Å²) in [6, 6.07) is 18.4. The van der Waals surface area contributed by atoms with Crippen LogP contribution in [0, 0.1) is 6.92 Å². The van der Waals surface area contributed by atoms with Crippen molar-refractivity contribution >= 4 is 34.8 Å². The maximum atomic E-state index is 12.9. The van der Waals surface area contributed by atoms with Crippen LogP contribution in [0.4, 0.5) is 17.1 Å². The van der Waals surface area contributed by atoms with Gasteiger partial charge in [0.2, 0.25) is 0 Å². The fourth-order valence-corrected chi connectivity index (χ4v) is 3.19. The minimum absolute atomic E-state index is 0.267. The van der Waals surface area contributed by atoms with Crippen LogP contribution in [0.2, 0.25) is 0 Å². The van der Waals surface area contributed by atoms with E-state index in [1.165, 1.54) is 11.0 Å². The number of fused-ring (bicyclic) bond motifs is 1. The Balaban J connectivity index is 1.63. The summed E-state index contributed by atoms with van der Waals surface area (Å²) in [6.45, 7) is 1.84. The molecule has 0 unspecified atom stereocenters. The monoisotopic (exact) mass is 371 g/mol. The van der Waals surface area contributed by atoms with E-state index in [1.807, 2.05) is 19.1 Å². The van der Waals surface area contributed by atoms with Crippen LogP contribution in [0.15, 0.2) is 66.7 Å². The van der Waals surface area contributed by atoms with Crippen LogP contribution in [0.25, 0.3) is 0 Å². The van der Waals surface area contributed by atoms with Gasteiger partial charge in [-0.2, -0.15) is 0 Å². The van der Waals surface area contributed by atoms with Gasteiger partial charge in [0, 0.05) is 16.9 Å². The van der Waals surface area contributed by atoms with Crippen molar-refractivity contribution in [2.24, 2.45) is 0 Å². The number of para-hydroxylation sites is 1. The number of nitrogens with two attached hydrogens (primary N) is 1. The Kier molecular flexibility index (Phi) is 4.16. The smallest absolute Gasteiger partial charge is 0.266 e. The number of imide groups is 1. The number of nitrogen functional groups attached to an aromatic ring is 1. The highest BCUT2D eigenvalue weighted by Crippen LogP contribution is 2.32. The molecule has 3 aromatic rings. The standard InChI is InChI=1S/C22H17N3O3/c1-13-4-2-3-5-19(13)25-21(27)17-11-10-16(12-18(17)22(25)28)24-20(26)14-6-8-15(23)9-7-14/h2-12H,23H2,1H3,(H,24,26). The van der Waals surface area contributed by atoms with E-state index in [2.05, 4.69) is 5.32 Å². The summed E-state index contributed by atoms with van der Waals surface area (Å²) >= 11 is 0. The van der Waals surface area contributed by atoms with E-state index >= 15 is 0 Å². The molecule has 6 nitrogen and oxygen atoms in total. The fourth-order valence-electron chi connectivity index (χ4n) is 3.19. The zero-order valence-corrected chi connectivity index (χ0v) is 15.1. The summed E-state index contributed by atoms with van der Waals surface area (Å²) < 4.78 is 0. The van der Waals surface area contributed by atoms with Gasteiger partial charge in [-0.1, -0.05) is 18.2 Å². The van der Waals surface area contributed by atoms with Gasteiger partial charge in [0.25, 0.3) is 17.7 Å². The maximum absolute atomic E-state index is 12.9. The first-order valence-corrected chi connectivity index (χ1v) is 8.71. The minimum atomic E-state index is -0.405. The van der Waals surface area contributed by atoms with E-state index in [0.29, 0.717) is 28.2 Å². The number of anilines is 3. The van der Waals surface area contributed by atoms with Crippen molar-refractivity contribution in [3.63, 3.8) is 0 Å². The topological polar surface area (TPSA) is 92.5 Å². The summed E-state index contributed by atoms with van der Waals surface area (Å²) in [5.41, 5.74) is 9.05. The Hall–Kier alpha value is -3.93. The zero-order chi connectivity index (χ0) is 19.8. The first-order valence-electron chi connectivity index (χ1n) is 8.71. The SMILES string of the molecule is Cc1ccccc1N1C(=O)c2ccc(NC(=O)c3ccc(N)cc3)cc2C1=O. The van der Waals surface area contributed by atoms with Crippen molar-refractivity contribution in [2.75, 3.05) is 16.0 Å². The van der Waals surface area contributed by atoms with Gasteiger partial charge < -0.3 is 11.1 Å². The largest absolute Gasteiger partial charge is 0.399 e. The van der Waals surface area contributed by atoms with Gasteiger partial charge >= 0.3 is 0 Å². The van der Waals surface area contributed by atoms with Gasteiger partial charge in [0.1, 0.15) is 0 Å². The van der Waals surface area contributed by atoms with Gasteiger partial charge in [-0.15, -0.1) is 0 Å². The van der Waals surface area contributed by atoms with Crippen molar-refractivity contribution in [2.45, 2.75) is 6.92 Å². The second kappa shape index (κ2) is 6.66. The highest BCUT2D eigenvalue weighted by molar-refractivity contribution is 6.35. The van der Waals surface area contributed by atoms with Gasteiger partial charge in [-0.25, -0.2) is 4.90 Å². The molecule has 6 heteroatoms. The number of carbonyl (C=O) groups is 3. The number of benzene rings is 3. The van der Waals surface area contributed by atoms with E-state index < -0.39 is 5.91 Å². The predicted molar refractivity (Wildman–Crippen MR) is 108 cm³/mol. The van der Waals surface area contributed by atoms with Crippen LogP contribution in [-0.4, -0.2) is 17.7 Å². The highest BCUT2D eigenvalue weighted by Gasteiger charge is 2.37. The molecule has 3 amide bonds. The fraction of sp³-hybridized carbons (Fsp3) is 0.0455.